The van der Waals surface area contributed by atoms with Crippen LogP contribution < -0.4 is 0 Å². The van der Waals surface area contributed by atoms with E-state index < -0.39 is 7.76 Å². The summed E-state index contributed by atoms with van der Waals surface area (Å²) in [5.41, 5.74) is 1.85. The lowest BCUT2D eigenvalue weighted by Gasteiger charge is -1.85. The first-order valence-electron chi connectivity index (χ1n) is 3.15. The predicted molar refractivity (Wildman–Crippen MR) is 43.1 cm³/mol. The third-order valence-electron chi connectivity index (χ3n) is 1.10. The summed E-state index contributed by atoms with van der Waals surface area (Å²) in [5.74, 6) is 2.12. The molecule has 0 atom stereocenters. The molecule has 0 aromatic heterocycles. The third kappa shape index (κ3) is 3.32. The zero-order valence-electron chi connectivity index (χ0n) is 6.00. The molecule has 1 rings (SSSR count). The van der Waals surface area contributed by atoms with E-state index >= 15 is 0 Å². The van der Waals surface area contributed by atoms with E-state index in [1.165, 1.54) is 5.66 Å². The lowest BCUT2D eigenvalue weighted by Crippen LogP contribution is -1.69. The molecule has 0 spiro atoms. The fourth-order valence-corrected chi connectivity index (χ4v) is 0.910. The standard InChI is InChI=1S/C8H5F2OP/c9-12(10,11)7-6-8-4-2-1-3-5-8/h1-5H. The van der Waals surface area contributed by atoms with Crippen molar-refractivity contribution >= 4 is 7.76 Å². The zero-order valence-corrected chi connectivity index (χ0v) is 6.89. The second kappa shape index (κ2) is 3.51. The molecule has 0 N–H and O–H groups in total. The topological polar surface area (TPSA) is 17.1 Å². The smallest absolute Gasteiger partial charge is 0.235 e. The van der Waals surface area contributed by atoms with Crippen LogP contribution in [-0.2, 0) is 4.57 Å². The second-order valence-electron chi connectivity index (χ2n) is 2.07. The monoisotopic (exact) mass is 186 g/mol. The van der Waals surface area contributed by atoms with E-state index in [1.807, 2.05) is 0 Å². The van der Waals surface area contributed by atoms with Crippen molar-refractivity contribution in [2.45, 2.75) is 0 Å². The SMILES string of the molecule is O=P(F)(F)C#Cc1ccccc1. The van der Waals surface area contributed by atoms with E-state index in [-0.39, 0.29) is 0 Å². The zero-order chi connectivity index (χ0) is 9.03. The Balaban J connectivity index is 2.88. The molecule has 0 aliphatic carbocycles. The van der Waals surface area contributed by atoms with Crippen molar-refractivity contribution in [2.24, 2.45) is 0 Å². The first-order valence-corrected chi connectivity index (χ1v) is 4.64. The Morgan fingerprint density at radius 3 is 2.25 bits per heavy atom. The molecule has 0 amide bonds. The van der Waals surface area contributed by atoms with Crippen molar-refractivity contribution in [3.63, 3.8) is 0 Å². The van der Waals surface area contributed by atoms with E-state index in [4.69, 9.17) is 0 Å². The van der Waals surface area contributed by atoms with Crippen LogP contribution in [0.3, 0.4) is 0 Å². The highest BCUT2D eigenvalue weighted by Crippen LogP contribution is 2.47. The molecule has 0 bridgehead atoms. The van der Waals surface area contributed by atoms with E-state index in [0.29, 0.717) is 5.56 Å². The van der Waals surface area contributed by atoms with Crippen LogP contribution in [0.5, 0.6) is 0 Å². The molecule has 12 heavy (non-hydrogen) atoms. The van der Waals surface area contributed by atoms with Crippen molar-refractivity contribution in [3.8, 4) is 11.6 Å². The molecular formula is C8H5F2OP. The van der Waals surface area contributed by atoms with Crippen LogP contribution in [-0.4, -0.2) is 0 Å². The maximum atomic E-state index is 11.8. The van der Waals surface area contributed by atoms with Gasteiger partial charge in [-0.05, 0) is 12.1 Å². The normalized spacial score (nSPS) is 10.2. The Morgan fingerprint density at radius 2 is 1.75 bits per heavy atom. The van der Waals surface area contributed by atoms with Gasteiger partial charge in [0, 0.05) is 11.2 Å². The lowest BCUT2D eigenvalue weighted by atomic mass is 10.2. The number of rotatable bonds is 0. The van der Waals surface area contributed by atoms with E-state index in [9.17, 15) is 13.0 Å². The number of benzene rings is 1. The predicted octanol–water partition coefficient (Wildman–Crippen LogP) is 3.13. The van der Waals surface area contributed by atoms with Crippen LogP contribution in [0.15, 0.2) is 30.3 Å². The molecule has 4 heteroatoms. The molecule has 0 fully saturated rings. The molecule has 0 aliphatic heterocycles. The van der Waals surface area contributed by atoms with Crippen LogP contribution in [0, 0.1) is 11.6 Å². The number of halogens is 2. The summed E-state index contributed by atoms with van der Waals surface area (Å²) in [5, 5.41) is 0. The Bertz CT molecular complexity index is 358. The fourth-order valence-electron chi connectivity index (χ4n) is 0.651. The molecular weight excluding hydrogens is 181 g/mol. The molecule has 0 saturated heterocycles. The van der Waals surface area contributed by atoms with Crippen LogP contribution in [0.4, 0.5) is 8.39 Å². The minimum atomic E-state index is -5.19. The van der Waals surface area contributed by atoms with Crippen molar-refractivity contribution in [3.05, 3.63) is 35.9 Å². The average Bonchev–Trinajstić information content (AvgIpc) is 2.02. The highest BCUT2D eigenvalue weighted by atomic mass is 31.2. The first kappa shape index (κ1) is 8.96. The molecule has 0 heterocycles. The summed E-state index contributed by atoms with van der Waals surface area (Å²) < 4.78 is 33.5. The van der Waals surface area contributed by atoms with Crippen LogP contribution >= 0.6 is 7.76 Å². The van der Waals surface area contributed by atoms with Gasteiger partial charge in [0.15, 0.2) is 0 Å². The maximum absolute atomic E-state index is 11.8. The highest BCUT2D eigenvalue weighted by molar-refractivity contribution is 7.58. The van der Waals surface area contributed by atoms with E-state index in [1.54, 1.807) is 30.3 Å². The van der Waals surface area contributed by atoms with E-state index in [2.05, 4.69) is 5.92 Å². The summed E-state index contributed by atoms with van der Waals surface area (Å²) in [6.07, 6.45) is 0. The van der Waals surface area contributed by atoms with Gasteiger partial charge in [0.2, 0.25) is 0 Å². The molecule has 0 unspecified atom stereocenters. The van der Waals surface area contributed by atoms with Crippen molar-refractivity contribution in [1.29, 1.82) is 0 Å². The molecule has 0 radical (unpaired) electrons. The van der Waals surface area contributed by atoms with Crippen LogP contribution in [0.2, 0.25) is 0 Å². The largest absolute Gasteiger partial charge is 0.478 e. The Kier molecular flexibility index (Phi) is 2.62. The fraction of sp³-hybridized carbons (Fsp3) is 0. The van der Waals surface area contributed by atoms with E-state index in [0.717, 1.165) is 0 Å². The Labute approximate surface area is 69.0 Å². The van der Waals surface area contributed by atoms with Gasteiger partial charge in [-0.3, -0.25) is 0 Å². The molecule has 1 aromatic rings. The van der Waals surface area contributed by atoms with Crippen molar-refractivity contribution < 1.29 is 13.0 Å². The minimum absolute atomic E-state index is 0.438. The van der Waals surface area contributed by atoms with Gasteiger partial charge in [-0.15, -0.1) is 8.39 Å². The van der Waals surface area contributed by atoms with Gasteiger partial charge in [-0.1, -0.05) is 24.1 Å². The summed E-state index contributed by atoms with van der Waals surface area (Å²) in [6, 6.07) is 8.23. The lowest BCUT2D eigenvalue weighted by molar-refractivity contribution is 0.508. The van der Waals surface area contributed by atoms with Crippen molar-refractivity contribution in [2.75, 3.05) is 0 Å². The first-order chi connectivity index (χ1) is 5.58. The molecule has 62 valence electrons. The van der Waals surface area contributed by atoms with Crippen LogP contribution in [0.1, 0.15) is 5.56 Å². The third-order valence-corrected chi connectivity index (χ3v) is 1.48. The highest BCUT2D eigenvalue weighted by Gasteiger charge is 2.12. The molecule has 0 aliphatic rings. The van der Waals surface area contributed by atoms with Gasteiger partial charge >= 0.3 is 7.76 Å². The van der Waals surface area contributed by atoms with Gasteiger partial charge in [0.05, 0.1) is 0 Å². The quantitative estimate of drug-likeness (QED) is 0.449. The average molecular weight is 186 g/mol. The van der Waals surface area contributed by atoms with Gasteiger partial charge in [0.1, 0.15) is 0 Å². The number of hydrogen-bond acceptors (Lipinski definition) is 1. The maximum Gasteiger partial charge on any atom is 0.478 e. The Hall–Kier alpha value is -1.13. The van der Waals surface area contributed by atoms with Gasteiger partial charge in [0.25, 0.3) is 0 Å². The summed E-state index contributed by atoms with van der Waals surface area (Å²) in [6.45, 7) is 0. The van der Waals surface area contributed by atoms with Gasteiger partial charge < -0.3 is 0 Å². The summed E-state index contributed by atoms with van der Waals surface area (Å²) in [7, 11) is -5.19. The molecule has 1 aromatic carbocycles. The van der Waals surface area contributed by atoms with Crippen molar-refractivity contribution in [1.82, 2.24) is 0 Å². The van der Waals surface area contributed by atoms with Crippen LogP contribution in [0.25, 0.3) is 0 Å². The van der Waals surface area contributed by atoms with Gasteiger partial charge in [-0.2, -0.15) is 0 Å². The Morgan fingerprint density at radius 1 is 1.17 bits per heavy atom. The summed E-state index contributed by atoms with van der Waals surface area (Å²) >= 11 is 0. The molecule has 1 nitrogen and oxygen atoms in total. The van der Waals surface area contributed by atoms with Gasteiger partial charge in [-0.25, -0.2) is 4.57 Å². The number of hydrogen-bond donors (Lipinski definition) is 0. The minimum Gasteiger partial charge on any atom is -0.235 e. The summed E-state index contributed by atoms with van der Waals surface area (Å²) in [4.78, 5) is 0. The second-order valence-corrected chi connectivity index (χ2v) is 3.21. The molecule has 0 saturated carbocycles.